The van der Waals surface area contributed by atoms with Gasteiger partial charge in [0.15, 0.2) is 0 Å². The van der Waals surface area contributed by atoms with Crippen LogP contribution in [0, 0.1) is 5.82 Å². The number of anilines is 1. The maximum absolute atomic E-state index is 14.0. The van der Waals surface area contributed by atoms with Crippen LogP contribution in [0.3, 0.4) is 0 Å². The zero-order valence-electron chi connectivity index (χ0n) is 14.1. The highest BCUT2D eigenvalue weighted by Crippen LogP contribution is 2.29. The number of carbonyl (C=O) groups is 1. The van der Waals surface area contributed by atoms with Crippen LogP contribution in [-0.2, 0) is 0 Å². The van der Waals surface area contributed by atoms with Crippen molar-refractivity contribution in [1.29, 1.82) is 0 Å². The van der Waals surface area contributed by atoms with Gasteiger partial charge in [0.25, 0.3) is 5.91 Å². The lowest BCUT2D eigenvalue weighted by Gasteiger charge is -2.33. The summed E-state index contributed by atoms with van der Waals surface area (Å²) in [5.41, 5.74) is 1.33. The lowest BCUT2D eigenvalue weighted by Crippen LogP contribution is -2.39. The van der Waals surface area contributed by atoms with E-state index in [0.717, 1.165) is 18.7 Å². The van der Waals surface area contributed by atoms with Crippen LogP contribution in [0.1, 0.15) is 34.7 Å². The summed E-state index contributed by atoms with van der Waals surface area (Å²) in [4.78, 5) is 20.8. The van der Waals surface area contributed by atoms with E-state index in [1.54, 1.807) is 24.4 Å². The molecule has 3 rings (SSSR count). The summed E-state index contributed by atoms with van der Waals surface area (Å²) in [6.45, 7) is 1.27. The molecule has 1 aromatic heterocycles. The number of pyridine rings is 1. The minimum atomic E-state index is -0.185. The number of halogens is 1. The number of amides is 1. The molecular weight excluding hydrogens is 305 g/mol. The topological polar surface area (TPSA) is 36.4 Å². The van der Waals surface area contributed by atoms with Gasteiger partial charge in [-0.3, -0.25) is 4.79 Å². The third kappa shape index (κ3) is 3.40. The summed E-state index contributed by atoms with van der Waals surface area (Å²) in [7, 11) is 3.79. The lowest BCUT2D eigenvalue weighted by molar-refractivity contribution is 0.0706. The van der Waals surface area contributed by atoms with Crippen molar-refractivity contribution in [3.05, 3.63) is 59.5 Å². The van der Waals surface area contributed by atoms with Crippen LogP contribution in [0.25, 0.3) is 0 Å². The van der Waals surface area contributed by atoms with Gasteiger partial charge in [-0.05, 0) is 36.6 Å². The van der Waals surface area contributed by atoms with Crippen LogP contribution in [-0.4, -0.2) is 43.0 Å². The molecule has 1 fully saturated rings. The van der Waals surface area contributed by atoms with E-state index in [2.05, 4.69) is 4.98 Å². The number of rotatable bonds is 3. The monoisotopic (exact) mass is 327 g/mol. The van der Waals surface area contributed by atoms with Crippen LogP contribution in [0.2, 0.25) is 0 Å². The van der Waals surface area contributed by atoms with E-state index >= 15 is 0 Å². The van der Waals surface area contributed by atoms with E-state index in [1.807, 2.05) is 36.0 Å². The van der Waals surface area contributed by atoms with Crippen molar-refractivity contribution in [2.45, 2.75) is 18.8 Å². The molecule has 0 aliphatic carbocycles. The standard InChI is InChI=1S/C19H22FN3O/c1-22(2)18-12-14(9-10-21-18)19(24)23-11-5-6-15(13-23)16-7-3-4-8-17(16)20/h3-4,7-10,12,15H,5-6,11,13H2,1-2H3/t15-/m1/s1. The Morgan fingerprint density at radius 1 is 1.29 bits per heavy atom. The summed E-state index contributed by atoms with van der Waals surface area (Å²) in [5, 5.41) is 0. The van der Waals surface area contributed by atoms with Crippen molar-refractivity contribution >= 4 is 11.7 Å². The van der Waals surface area contributed by atoms with Crippen molar-refractivity contribution in [1.82, 2.24) is 9.88 Å². The normalized spacial score (nSPS) is 17.6. The number of benzene rings is 1. The van der Waals surface area contributed by atoms with E-state index in [9.17, 15) is 9.18 Å². The van der Waals surface area contributed by atoms with Gasteiger partial charge in [0, 0.05) is 44.9 Å². The number of piperidine rings is 1. The van der Waals surface area contributed by atoms with Crippen LogP contribution >= 0.6 is 0 Å². The molecule has 0 saturated carbocycles. The molecule has 1 aliphatic rings. The first-order valence-corrected chi connectivity index (χ1v) is 8.23. The molecule has 0 unspecified atom stereocenters. The molecule has 0 spiro atoms. The maximum atomic E-state index is 14.0. The summed E-state index contributed by atoms with van der Waals surface area (Å²) >= 11 is 0. The molecule has 5 heteroatoms. The molecule has 126 valence electrons. The summed E-state index contributed by atoms with van der Waals surface area (Å²) < 4.78 is 14.0. The van der Waals surface area contributed by atoms with Gasteiger partial charge < -0.3 is 9.80 Å². The number of hydrogen-bond acceptors (Lipinski definition) is 3. The van der Waals surface area contributed by atoms with Crippen molar-refractivity contribution < 1.29 is 9.18 Å². The van der Waals surface area contributed by atoms with Crippen molar-refractivity contribution in [3.8, 4) is 0 Å². The fourth-order valence-electron chi connectivity index (χ4n) is 3.20. The van der Waals surface area contributed by atoms with Crippen molar-refractivity contribution in [2.24, 2.45) is 0 Å². The van der Waals surface area contributed by atoms with Crippen LogP contribution in [0.5, 0.6) is 0 Å². The molecule has 2 aromatic rings. The molecule has 4 nitrogen and oxygen atoms in total. The third-order valence-electron chi connectivity index (χ3n) is 4.50. The average molecular weight is 327 g/mol. The Morgan fingerprint density at radius 3 is 2.83 bits per heavy atom. The third-order valence-corrected chi connectivity index (χ3v) is 4.50. The van der Waals surface area contributed by atoms with Gasteiger partial charge in [-0.2, -0.15) is 0 Å². The number of likely N-dealkylation sites (tertiary alicyclic amines) is 1. The van der Waals surface area contributed by atoms with Gasteiger partial charge >= 0.3 is 0 Å². The van der Waals surface area contributed by atoms with E-state index in [0.29, 0.717) is 24.2 Å². The Hall–Kier alpha value is -2.43. The number of aromatic nitrogens is 1. The van der Waals surface area contributed by atoms with Crippen LogP contribution < -0.4 is 4.90 Å². The van der Waals surface area contributed by atoms with Gasteiger partial charge in [-0.15, -0.1) is 0 Å². The first-order chi connectivity index (χ1) is 11.6. The van der Waals surface area contributed by atoms with Gasteiger partial charge in [0.1, 0.15) is 11.6 Å². The van der Waals surface area contributed by atoms with Gasteiger partial charge in [-0.1, -0.05) is 18.2 Å². The fourth-order valence-corrected chi connectivity index (χ4v) is 3.20. The highest BCUT2D eigenvalue weighted by Gasteiger charge is 2.27. The van der Waals surface area contributed by atoms with E-state index in [1.165, 1.54) is 6.07 Å². The minimum Gasteiger partial charge on any atom is -0.363 e. The summed E-state index contributed by atoms with van der Waals surface area (Å²) in [6.07, 6.45) is 3.45. The van der Waals surface area contributed by atoms with Gasteiger partial charge in [0.05, 0.1) is 0 Å². The van der Waals surface area contributed by atoms with Gasteiger partial charge in [0.2, 0.25) is 0 Å². The molecule has 1 atom stereocenters. The average Bonchev–Trinajstić information content (AvgIpc) is 2.61. The molecule has 24 heavy (non-hydrogen) atoms. The largest absolute Gasteiger partial charge is 0.363 e. The predicted octanol–water partition coefficient (Wildman–Crippen LogP) is 3.31. The smallest absolute Gasteiger partial charge is 0.254 e. The molecule has 0 radical (unpaired) electrons. The maximum Gasteiger partial charge on any atom is 0.254 e. The summed E-state index contributed by atoms with van der Waals surface area (Å²) in [5.74, 6) is 0.611. The Morgan fingerprint density at radius 2 is 2.08 bits per heavy atom. The van der Waals surface area contributed by atoms with Crippen LogP contribution in [0.4, 0.5) is 10.2 Å². The van der Waals surface area contributed by atoms with Gasteiger partial charge in [-0.25, -0.2) is 9.37 Å². The second kappa shape index (κ2) is 6.99. The highest BCUT2D eigenvalue weighted by molar-refractivity contribution is 5.95. The molecule has 2 heterocycles. The molecular formula is C19H22FN3O. The number of carbonyl (C=O) groups excluding carboxylic acids is 1. The molecule has 0 N–H and O–H groups in total. The SMILES string of the molecule is CN(C)c1cc(C(=O)N2CCC[C@@H](c3ccccc3F)C2)ccn1. The Balaban J connectivity index is 1.78. The first kappa shape index (κ1) is 16.4. The van der Waals surface area contributed by atoms with Crippen LogP contribution in [0.15, 0.2) is 42.6 Å². The zero-order valence-corrected chi connectivity index (χ0v) is 14.1. The van der Waals surface area contributed by atoms with E-state index in [4.69, 9.17) is 0 Å². The lowest BCUT2D eigenvalue weighted by atomic mass is 9.90. The second-order valence-electron chi connectivity index (χ2n) is 6.41. The molecule has 0 bridgehead atoms. The van der Waals surface area contributed by atoms with Crippen molar-refractivity contribution in [2.75, 3.05) is 32.1 Å². The highest BCUT2D eigenvalue weighted by atomic mass is 19.1. The number of nitrogens with zero attached hydrogens (tertiary/aromatic N) is 3. The Kier molecular flexibility index (Phi) is 4.79. The summed E-state index contributed by atoms with van der Waals surface area (Å²) in [6, 6.07) is 10.4. The zero-order chi connectivity index (χ0) is 17.1. The molecule has 1 saturated heterocycles. The van der Waals surface area contributed by atoms with E-state index < -0.39 is 0 Å². The Labute approximate surface area is 141 Å². The molecule has 1 amide bonds. The quantitative estimate of drug-likeness (QED) is 0.868. The van der Waals surface area contributed by atoms with E-state index in [-0.39, 0.29) is 17.6 Å². The molecule has 1 aliphatic heterocycles. The molecule has 1 aromatic carbocycles. The minimum absolute atomic E-state index is 0.0125. The fraction of sp³-hybridized carbons (Fsp3) is 0.368. The second-order valence-corrected chi connectivity index (χ2v) is 6.41. The first-order valence-electron chi connectivity index (χ1n) is 8.23. The Bertz CT molecular complexity index is 732. The predicted molar refractivity (Wildman–Crippen MR) is 92.8 cm³/mol. The number of hydrogen-bond donors (Lipinski definition) is 0. The van der Waals surface area contributed by atoms with Crippen molar-refractivity contribution in [3.63, 3.8) is 0 Å².